The van der Waals surface area contributed by atoms with E-state index in [-0.39, 0.29) is 10.5 Å². The monoisotopic (exact) mass is 366 g/mol. The van der Waals surface area contributed by atoms with Gasteiger partial charge in [-0.15, -0.1) is 0 Å². The summed E-state index contributed by atoms with van der Waals surface area (Å²) in [4.78, 5) is 48.3. The van der Waals surface area contributed by atoms with Crippen molar-refractivity contribution in [2.75, 3.05) is 4.90 Å². The van der Waals surface area contributed by atoms with Crippen molar-refractivity contribution >= 4 is 61.9 Å². The molecule has 1 aromatic rings. The van der Waals surface area contributed by atoms with Crippen LogP contribution in [0, 0.1) is 0 Å². The first kappa shape index (κ1) is 14.0. The molecular weight excluding hydrogens is 360 g/mol. The summed E-state index contributed by atoms with van der Waals surface area (Å²) < 4.78 is 0.701. The normalized spacial score (nSPS) is 20.9. The molecule has 0 radical (unpaired) electrons. The number of rotatable bonds is 0. The van der Waals surface area contributed by atoms with Gasteiger partial charge in [0.2, 0.25) is 5.91 Å². The highest BCUT2D eigenvalue weighted by Crippen LogP contribution is 2.43. The highest BCUT2D eigenvalue weighted by molar-refractivity contribution is 9.10. The molecule has 0 bridgehead atoms. The maximum absolute atomic E-state index is 12.5. The van der Waals surface area contributed by atoms with Crippen molar-refractivity contribution < 1.29 is 19.2 Å². The number of benzene rings is 1. The Morgan fingerprint density at radius 2 is 2.00 bits per heavy atom. The van der Waals surface area contributed by atoms with Gasteiger partial charge >= 0.3 is 0 Å². The van der Waals surface area contributed by atoms with E-state index in [0.717, 1.165) is 4.90 Å². The summed E-state index contributed by atoms with van der Waals surface area (Å²) in [6.07, 6.45) is 0. The molecule has 3 rings (SSSR count). The number of amides is 4. The minimum absolute atomic E-state index is 0.0214. The fraction of sp³-hybridized carbons (Fsp3) is 0.0769. The van der Waals surface area contributed by atoms with Crippen LogP contribution in [0.4, 0.5) is 10.5 Å². The van der Waals surface area contributed by atoms with Crippen molar-refractivity contribution in [3.8, 4) is 0 Å². The molecule has 1 fully saturated rings. The van der Waals surface area contributed by atoms with Gasteiger partial charge in [0.1, 0.15) is 0 Å². The molecule has 0 saturated carbocycles. The Balaban J connectivity index is 2.29. The Labute approximate surface area is 131 Å². The number of thioether (sulfide) groups is 1. The Bertz CT molecular complexity index is 771. The smallest absolute Gasteiger partial charge is 0.282 e. The number of anilines is 1. The predicted octanol–water partition coefficient (Wildman–Crippen LogP) is 2.04. The average molecular weight is 367 g/mol. The molecule has 2 aliphatic rings. The van der Waals surface area contributed by atoms with Crippen LogP contribution in [0.3, 0.4) is 0 Å². The van der Waals surface area contributed by atoms with E-state index in [9.17, 15) is 19.2 Å². The molecule has 1 saturated heterocycles. The predicted molar refractivity (Wildman–Crippen MR) is 80.4 cm³/mol. The largest absolute Gasteiger partial charge is 0.290 e. The van der Waals surface area contributed by atoms with E-state index in [1.54, 1.807) is 18.2 Å². The third-order valence-corrected chi connectivity index (χ3v) is 4.42. The van der Waals surface area contributed by atoms with Gasteiger partial charge in [0.05, 0.1) is 16.2 Å². The topological polar surface area (TPSA) is 83.6 Å². The van der Waals surface area contributed by atoms with Gasteiger partial charge in [-0.3, -0.25) is 24.5 Å². The molecule has 8 heteroatoms. The number of hydrogen-bond donors (Lipinski definition) is 1. The highest BCUT2D eigenvalue weighted by Gasteiger charge is 2.41. The second kappa shape index (κ2) is 4.81. The molecule has 0 aliphatic carbocycles. The first-order valence-corrected chi connectivity index (χ1v) is 7.43. The van der Waals surface area contributed by atoms with Crippen LogP contribution in [-0.4, -0.2) is 23.0 Å². The number of fused-ring (bicyclic) bond motifs is 1. The van der Waals surface area contributed by atoms with Crippen molar-refractivity contribution in [1.82, 2.24) is 5.32 Å². The van der Waals surface area contributed by atoms with Gasteiger partial charge in [-0.1, -0.05) is 15.9 Å². The number of halogens is 1. The Morgan fingerprint density at radius 1 is 1.29 bits per heavy atom. The van der Waals surface area contributed by atoms with Gasteiger partial charge < -0.3 is 0 Å². The number of hydrogen-bond acceptors (Lipinski definition) is 5. The fourth-order valence-electron chi connectivity index (χ4n) is 2.25. The van der Waals surface area contributed by atoms with E-state index < -0.39 is 23.0 Å². The van der Waals surface area contributed by atoms with E-state index in [1.165, 1.54) is 6.92 Å². The van der Waals surface area contributed by atoms with Gasteiger partial charge in [0, 0.05) is 17.0 Å². The maximum atomic E-state index is 12.5. The molecule has 0 aromatic heterocycles. The molecule has 21 heavy (non-hydrogen) atoms. The molecule has 106 valence electrons. The first-order valence-electron chi connectivity index (χ1n) is 5.82. The van der Waals surface area contributed by atoms with E-state index in [2.05, 4.69) is 21.2 Å². The van der Waals surface area contributed by atoms with Crippen molar-refractivity contribution in [3.05, 3.63) is 33.1 Å². The second-order valence-corrected chi connectivity index (χ2v) is 6.27. The van der Waals surface area contributed by atoms with Crippen molar-refractivity contribution in [2.45, 2.75) is 6.92 Å². The zero-order valence-corrected chi connectivity index (χ0v) is 13.0. The van der Waals surface area contributed by atoms with Gasteiger partial charge in [0.15, 0.2) is 0 Å². The lowest BCUT2D eigenvalue weighted by molar-refractivity contribution is -0.122. The highest BCUT2D eigenvalue weighted by atomic mass is 79.9. The van der Waals surface area contributed by atoms with Gasteiger partial charge in [0.25, 0.3) is 17.1 Å². The maximum Gasteiger partial charge on any atom is 0.290 e. The van der Waals surface area contributed by atoms with Crippen LogP contribution >= 0.6 is 27.7 Å². The lowest BCUT2D eigenvalue weighted by Crippen LogP contribution is -2.31. The number of imide groups is 2. The van der Waals surface area contributed by atoms with Gasteiger partial charge in [-0.25, -0.2) is 4.90 Å². The zero-order chi connectivity index (χ0) is 15.3. The minimum atomic E-state index is -0.621. The van der Waals surface area contributed by atoms with Gasteiger partial charge in [-0.2, -0.15) is 0 Å². The number of nitrogens with zero attached hydrogens (tertiary/aromatic N) is 1. The molecule has 0 spiro atoms. The van der Waals surface area contributed by atoms with Crippen LogP contribution < -0.4 is 10.2 Å². The molecule has 4 amide bonds. The SMILES string of the molecule is CC(=O)N1C(=O)C(=C2SC(=O)NC2=O)c2cc(Br)ccc21. The minimum Gasteiger partial charge on any atom is -0.282 e. The standard InChI is InChI=1S/C13H7BrN2O4S/c1-5(17)16-8-3-2-6(14)4-7(8)9(12(16)19)10-11(18)15-13(20)21-10/h2-4H,1H3,(H,15,18,20). The van der Waals surface area contributed by atoms with E-state index in [0.29, 0.717) is 27.5 Å². The number of carbonyl (C=O) groups excluding carboxylic acids is 4. The molecule has 0 atom stereocenters. The average Bonchev–Trinajstić information content (AvgIpc) is 2.85. The van der Waals surface area contributed by atoms with E-state index in [1.807, 2.05) is 0 Å². The third kappa shape index (κ3) is 2.11. The van der Waals surface area contributed by atoms with Crippen LogP contribution in [-0.2, 0) is 14.4 Å². The lowest BCUT2D eigenvalue weighted by atomic mass is 10.1. The molecule has 1 N–H and O–H groups in total. The zero-order valence-electron chi connectivity index (χ0n) is 10.6. The first-order chi connectivity index (χ1) is 9.90. The lowest BCUT2D eigenvalue weighted by Gasteiger charge is -2.11. The van der Waals surface area contributed by atoms with E-state index in [4.69, 9.17) is 0 Å². The number of nitrogens with one attached hydrogen (secondary N) is 1. The summed E-state index contributed by atoms with van der Waals surface area (Å²) in [5.74, 6) is -1.67. The number of carbonyl (C=O) groups is 4. The van der Waals surface area contributed by atoms with E-state index >= 15 is 0 Å². The summed E-state index contributed by atoms with van der Waals surface area (Å²) in [6, 6.07) is 4.96. The van der Waals surface area contributed by atoms with Crippen LogP contribution in [0.15, 0.2) is 27.6 Å². The Kier molecular flexibility index (Phi) is 3.22. The van der Waals surface area contributed by atoms with Crippen LogP contribution in [0.1, 0.15) is 12.5 Å². The molecular formula is C13H7BrN2O4S. The Morgan fingerprint density at radius 3 is 2.57 bits per heavy atom. The van der Waals surface area contributed by atoms with Crippen LogP contribution in [0.25, 0.3) is 5.57 Å². The molecule has 6 nitrogen and oxygen atoms in total. The summed E-state index contributed by atoms with van der Waals surface area (Å²) in [5, 5.41) is 1.58. The van der Waals surface area contributed by atoms with Gasteiger partial charge in [-0.05, 0) is 30.0 Å². The summed E-state index contributed by atoms with van der Waals surface area (Å²) in [5.41, 5.74) is 0.942. The molecule has 2 heterocycles. The fourth-order valence-corrected chi connectivity index (χ4v) is 3.38. The van der Waals surface area contributed by atoms with Crippen LogP contribution in [0.5, 0.6) is 0 Å². The molecule has 2 aliphatic heterocycles. The van der Waals surface area contributed by atoms with Crippen LogP contribution in [0.2, 0.25) is 0 Å². The Hall–Kier alpha value is -1.93. The molecule has 1 aromatic carbocycles. The summed E-state index contributed by atoms with van der Waals surface area (Å²) in [7, 11) is 0. The van der Waals surface area contributed by atoms with Crippen molar-refractivity contribution in [3.63, 3.8) is 0 Å². The second-order valence-electron chi connectivity index (χ2n) is 4.37. The quantitative estimate of drug-likeness (QED) is 0.710. The van der Waals surface area contributed by atoms with Crippen molar-refractivity contribution in [2.24, 2.45) is 0 Å². The third-order valence-electron chi connectivity index (χ3n) is 3.04. The summed E-state index contributed by atoms with van der Waals surface area (Å²) >= 11 is 3.96. The summed E-state index contributed by atoms with van der Waals surface area (Å²) in [6.45, 7) is 1.27. The molecule has 0 unspecified atom stereocenters. The van der Waals surface area contributed by atoms with Crippen molar-refractivity contribution in [1.29, 1.82) is 0 Å².